The van der Waals surface area contributed by atoms with Crippen molar-refractivity contribution in [1.29, 1.82) is 0 Å². The Labute approximate surface area is 190 Å². The third kappa shape index (κ3) is 5.48. The number of ether oxygens (including phenoxy) is 1. The Morgan fingerprint density at radius 3 is 2.31 bits per heavy atom. The summed E-state index contributed by atoms with van der Waals surface area (Å²) in [5.41, 5.74) is 1.62. The molecule has 2 aromatic rings. The van der Waals surface area contributed by atoms with Crippen LogP contribution >= 0.6 is 0 Å². The van der Waals surface area contributed by atoms with Crippen molar-refractivity contribution in [3.8, 4) is 0 Å². The number of carbonyl (C=O) groups is 2. The lowest BCUT2D eigenvalue weighted by molar-refractivity contribution is -0.135. The number of hydrogen-bond acceptors (Lipinski definition) is 5. The predicted molar refractivity (Wildman–Crippen MR) is 123 cm³/mol. The number of sulfonamides is 1. The van der Waals surface area contributed by atoms with Gasteiger partial charge < -0.3 is 9.64 Å². The molecule has 8 heteroatoms. The van der Waals surface area contributed by atoms with Crippen LogP contribution in [0, 0.1) is 6.92 Å². The highest BCUT2D eigenvalue weighted by molar-refractivity contribution is 7.92. The first-order valence-corrected chi connectivity index (χ1v) is 12.2. The van der Waals surface area contributed by atoms with Crippen molar-refractivity contribution in [2.45, 2.75) is 50.0 Å². The van der Waals surface area contributed by atoms with Gasteiger partial charge in [0.1, 0.15) is 0 Å². The second-order valence-corrected chi connectivity index (χ2v) is 10.2. The lowest BCUT2D eigenvalue weighted by Gasteiger charge is -2.31. The van der Waals surface area contributed by atoms with Gasteiger partial charge in [0.15, 0.2) is 6.61 Å². The van der Waals surface area contributed by atoms with E-state index in [0.717, 1.165) is 31.2 Å². The number of esters is 1. The molecule has 0 N–H and O–H groups in total. The summed E-state index contributed by atoms with van der Waals surface area (Å²) in [6.07, 6.45) is 5.31. The lowest BCUT2D eigenvalue weighted by Crippen LogP contribution is -2.40. The predicted octanol–water partition coefficient (Wildman–Crippen LogP) is 3.77. The highest BCUT2D eigenvalue weighted by Crippen LogP contribution is 2.24. The number of rotatable bonds is 7. The molecule has 0 radical (unpaired) electrons. The van der Waals surface area contributed by atoms with Crippen LogP contribution in [0.3, 0.4) is 0 Å². The van der Waals surface area contributed by atoms with Crippen molar-refractivity contribution in [3.05, 3.63) is 59.7 Å². The molecular weight excluding hydrogens is 428 g/mol. The Bertz CT molecular complexity index is 1060. The first-order chi connectivity index (χ1) is 15.2. The molecular formula is C24H30N2O5S. The summed E-state index contributed by atoms with van der Waals surface area (Å²) in [6, 6.07) is 13.0. The number of benzene rings is 2. The average Bonchev–Trinajstić information content (AvgIpc) is 2.82. The molecule has 0 unspecified atom stereocenters. The molecule has 3 rings (SSSR count). The molecule has 1 fully saturated rings. The summed E-state index contributed by atoms with van der Waals surface area (Å²) in [7, 11) is -0.670. The van der Waals surface area contributed by atoms with Crippen LogP contribution in [0.5, 0.6) is 0 Å². The summed E-state index contributed by atoms with van der Waals surface area (Å²) < 4.78 is 32.4. The minimum absolute atomic E-state index is 0.0272. The van der Waals surface area contributed by atoms with Gasteiger partial charge in [-0.05, 0) is 50.1 Å². The molecule has 0 atom stereocenters. The number of carbonyl (C=O) groups excluding carboxylic acids is 2. The smallest absolute Gasteiger partial charge is 0.338 e. The topological polar surface area (TPSA) is 84.0 Å². The van der Waals surface area contributed by atoms with Gasteiger partial charge in [0.2, 0.25) is 0 Å². The third-order valence-electron chi connectivity index (χ3n) is 5.97. The third-order valence-corrected chi connectivity index (χ3v) is 7.75. The van der Waals surface area contributed by atoms with Gasteiger partial charge >= 0.3 is 5.97 Å². The van der Waals surface area contributed by atoms with Crippen LogP contribution in [0.4, 0.5) is 5.69 Å². The van der Waals surface area contributed by atoms with E-state index in [4.69, 9.17) is 4.74 Å². The Kier molecular flexibility index (Phi) is 7.56. The zero-order chi connectivity index (χ0) is 23.3. The SMILES string of the molecule is Cc1ccc(N(C)S(=O)(=O)c2cccc(C(=O)OCC(=O)N(C)C3CCCCC3)c2)cc1. The molecule has 0 heterocycles. The first-order valence-electron chi connectivity index (χ1n) is 10.8. The quantitative estimate of drug-likeness (QED) is 0.590. The fourth-order valence-corrected chi connectivity index (χ4v) is 5.06. The summed E-state index contributed by atoms with van der Waals surface area (Å²) >= 11 is 0. The maximum Gasteiger partial charge on any atom is 0.338 e. The summed E-state index contributed by atoms with van der Waals surface area (Å²) in [4.78, 5) is 26.6. The van der Waals surface area contributed by atoms with Crippen LogP contribution in [0.2, 0.25) is 0 Å². The van der Waals surface area contributed by atoms with E-state index in [1.165, 1.54) is 42.0 Å². The van der Waals surface area contributed by atoms with Crippen LogP contribution in [0.25, 0.3) is 0 Å². The van der Waals surface area contributed by atoms with Crippen molar-refractivity contribution in [2.75, 3.05) is 25.0 Å². The summed E-state index contributed by atoms with van der Waals surface area (Å²) in [5.74, 6) is -0.987. The van der Waals surface area contributed by atoms with E-state index >= 15 is 0 Å². The molecule has 0 spiro atoms. The zero-order valence-electron chi connectivity index (χ0n) is 18.8. The number of hydrogen-bond donors (Lipinski definition) is 0. The monoisotopic (exact) mass is 458 g/mol. The van der Waals surface area contributed by atoms with Gasteiger partial charge in [0.05, 0.1) is 16.1 Å². The highest BCUT2D eigenvalue weighted by Gasteiger charge is 2.25. The molecule has 0 saturated heterocycles. The molecule has 2 aromatic carbocycles. The van der Waals surface area contributed by atoms with Gasteiger partial charge in [0.25, 0.3) is 15.9 Å². The summed E-state index contributed by atoms with van der Waals surface area (Å²) in [6.45, 7) is 1.55. The minimum Gasteiger partial charge on any atom is -0.452 e. The van der Waals surface area contributed by atoms with Gasteiger partial charge in [0, 0.05) is 20.1 Å². The Balaban J connectivity index is 1.67. The molecule has 0 aliphatic heterocycles. The van der Waals surface area contributed by atoms with Crippen LogP contribution in [0.1, 0.15) is 48.0 Å². The van der Waals surface area contributed by atoms with Gasteiger partial charge in [-0.3, -0.25) is 9.10 Å². The fourth-order valence-electron chi connectivity index (χ4n) is 3.82. The van der Waals surface area contributed by atoms with E-state index in [9.17, 15) is 18.0 Å². The largest absolute Gasteiger partial charge is 0.452 e. The second-order valence-electron chi connectivity index (χ2n) is 8.21. The van der Waals surface area contributed by atoms with E-state index in [-0.39, 0.29) is 29.0 Å². The standard InChI is InChI=1S/C24H30N2O5S/c1-18-12-14-21(15-13-18)26(3)32(29,30)22-11-7-8-19(16-22)24(28)31-17-23(27)25(2)20-9-5-4-6-10-20/h7-8,11-16,20H,4-6,9-10,17H2,1-3H3. The normalized spacial score (nSPS) is 14.6. The first kappa shape index (κ1) is 23.8. The van der Waals surface area contributed by atoms with Crippen LogP contribution in [0.15, 0.2) is 53.4 Å². The van der Waals surface area contributed by atoms with Crippen LogP contribution in [-0.2, 0) is 19.6 Å². The molecule has 172 valence electrons. The van der Waals surface area contributed by atoms with Crippen molar-refractivity contribution >= 4 is 27.6 Å². The second kappa shape index (κ2) is 10.2. The maximum absolute atomic E-state index is 13.0. The number of likely N-dealkylation sites (N-methyl/N-ethyl adjacent to an activating group) is 1. The Hall–Kier alpha value is -2.87. The molecule has 7 nitrogen and oxygen atoms in total. The molecule has 32 heavy (non-hydrogen) atoms. The van der Waals surface area contributed by atoms with Gasteiger partial charge in [-0.25, -0.2) is 13.2 Å². The van der Waals surface area contributed by atoms with Crippen molar-refractivity contribution < 1.29 is 22.7 Å². The highest BCUT2D eigenvalue weighted by atomic mass is 32.2. The van der Waals surface area contributed by atoms with Crippen LogP contribution in [-0.4, -0.2) is 51.9 Å². The number of aryl methyl sites for hydroxylation is 1. The van der Waals surface area contributed by atoms with Gasteiger partial charge in [-0.2, -0.15) is 0 Å². The number of amides is 1. The Morgan fingerprint density at radius 1 is 1.00 bits per heavy atom. The zero-order valence-corrected chi connectivity index (χ0v) is 19.6. The van der Waals surface area contributed by atoms with Gasteiger partial charge in [-0.1, -0.05) is 43.0 Å². The maximum atomic E-state index is 13.0. The van der Waals surface area contributed by atoms with Crippen molar-refractivity contribution in [1.82, 2.24) is 4.90 Å². The minimum atomic E-state index is -3.87. The summed E-state index contributed by atoms with van der Waals surface area (Å²) in [5, 5.41) is 0. The molecule has 1 amide bonds. The van der Waals surface area contributed by atoms with E-state index in [1.54, 1.807) is 24.1 Å². The fraction of sp³-hybridized carbons (Fsp3) is 0.417. The molecule has 0 bridgehead atoms. The lowest BCUT2D eigenvalue weighted by atomic mass is 9.94. The van der Waals surface area contributed by atoms with E-state index in [0.29, 0.717) is 5.69 Å². The molecule has 1 aliphatic rings. The van der Waals surface area contributed by atoms with E-state index < -0.39 is 16.0 Å². The molecule has 1 aliphatic carbocycles. The van der Waals surface area contributed by atoms with Crippen LogP contribution < -0.4 is 4.31 Å². The molecule has 0 aromatic heterocycles. The van der Waals surface area contributed by atoms with Crippen molar-refractivity contribution in [2.24, 2.45) is 0 Å². The average molecular weight is 459 g/mol. The number of anilines is 1. The van der Waals surface area contributed by atoms with E-state index in [1.807, 2.05) is 19.1 Å². The van der Waals surface area contributed by atoms with E-state index in [2.05, 4.69) is 0 Å². The number of nitrogens with zero attached hydrogens (tertiary/aromatic N) is 2. The van der Waals surface area contributed by atoms with Gasteiger partial charge in [-0.15, -0.1) is 0 Å². The Morgan fingerprint density at radius 2 is 1.66 bits per heavy atom. The molecule has 1 saturated carbocycles. The van der Waals surface area contributed by atoms with Crippen molar-refractivity contribution in [3.63, 3.8) is 0 Å².